The number of anilines is 1. The first-order valence-electron chi connectivity index (χ1n) is 12.8. The number of carbonyl (C=O) groups excluding carboxylic acids is 4. The van der Waals surface area contributed by atoms with Crippen molar-refractivity contribution >= 4 is 40.7 Å². The fourth-order valence-corrected chi connectivity index (χ4v) is 6.78. The number of benzene rings is 2. The normalized spacial score (nSPS) is 26.2. The van der Waals surface area contributed by atoms with E-state index in [4.69, 9.17) is 16.3 Å². The van der Waals surface area contributed by atoms with Gasteiger partial charge in [0, 0.05) is 39.3 Å². The minimum absolute atomic E-state index is 0.0776. The number of aryl methyl sites for hydroxylation is 1. The second kappa shape index (κ2) is 9.06. The predicted molar refractivity (Wildman–Crippen MR) is 145 cm³/mol. The molecule has 1 heterocycles. The molecule has 8 heteroatoms. The fourth-order valence-electron chi connectivity index (χ4n) is 6.61. The van der Waals surface area contributed by atoms with Crippen LogP contribution in [-0.4, -0.2) is 35.6 Å². The van der Waals surface area contributed by atoms with E-state index in [0.29, 0.717) is 45.2 Å². The number of methoxy groups -OCH3 is 1. The molecule has 2 aromatic carbocycles. The van der Waals surface area contributed by atoms with E-state index in [1.54, 1.807) is 37.3 Å². The van der Waals surface area contributed by atoms with E-state index in [9.17, 15) is 24.3 Å². The van der Waals surface area contributed by atoms with Gasteiger partial charge in [-0.3, -0.25) is 19.2 Å². The molecule has 39 heavy (non-hydrogen) atoms. The van der Waals surface area contributed by atoms with Gasteiger partial charge in [0.15, 0.2) is 11.6 Å². The van der Waals surface area contributed by atoms with Crippen LogP contribution in [0.5, 0.6) is 11.5 Å². The third-order valence-electron chi connectivity index (χ3n) is 8.52. The van der Waals surface area contributed by atoms with Gasteiger partial charge in [0.2, 0.25) is 11.8 Å². The Balaban J connectivity index is 1.49. The predicted octanol–water partition coefficient (Wildman–Crippen LogP) is 5.00. The van der Waals surface area contributed by atoms with E-state index in [1.165, 1.54) is 24.2 Å². The van der Waals surface area contributed by atoms with Crippen molar-refractivity contribution < 1.29 is 29.0 Å². The Bertz CT molecular complexity index is 1600. The third-order valence-corrected chi connectivity index (χ3v) is 8.93. The van der Waals surface area contributed by atoms with Gasteiger partial charge in [0.05, 0.1) is 24.6 Å². The average Bonchev–Trinajstić information content (AvgIpc) is 3.17. The topological polar surface area (TPSA) is 101 Å². The van der Waals surface area contributed by atoms with Crippen LogP contribution in [0.1, 0.15) is 36.8 Å². The summed E-state index contributed by atoms with van der Waals surface area (Å²) < 4.78 is 5.24. The Kier molecular flexibility index (Phi) is 5.88. The summed E-state index contributed by atoms with van der Waals surface area (Å²) in [6.45, 7) is 3.45. The summed E-state index contributed by atoms with van der Waals surface area (Å²) in [7, 11) is 1.49. The molecule has 3 aliphatic carbocycles. The second-order valence-corrected chi connectivity index (χ2v) is 11.0. The highest BCUT2D eigenvalue weighted by atomic mass is 35.5. The molecule has 198 valence electrons. The fraction of sp³-hybridized carbons (Fsp3) is 0.290. The molecule has 4 unspecified atom stereocenters. The van der Waals surface area contributed by atoms with Crippen LogP contribution in [0.3, 0.4) is 0 Å². The third kappa shape index (κ3) is 3.71. The number of imide groups is 1. The van der Waals surface area contributed by atoms with E-state index in [2.05, 4.69) is 0 Å². The summed E-state index contributed by atoms with van der Waals surface area (Å²) in [5.41, 5.74) is 3.48. The highest BCUT2D eigenvalue weighted by Gasteiger charge is 2.56. The Morgan fingerprint density at radius 3 is 2.46 bits per heavy atom. The number of phenolic OH excluding ortho intramolecular Hbond substituents is 1. The molecule has 7 nitrogen and oxygen atoms in total. The molecule has 1 aliphatic heterocycles. The number of nitrogens with zero attached hydrogens (tertiary/aromatic N) is 1. The van der Waals surface area contributed by atoms with Crippen LogP contribution in [-0.2, 0) is 19.2 Å². The molecule has 1 fully saturated rings. The van der Waals surface area contributed by atoms with Crippen LogP contribution < -0.4 is 9.64 Å². The van der Waals surface area contributed by atoms with E-state index in [1.807, 2.05) is 13.0 Å². The minimum atomic E-state index is -0.725. The first kappa shape index (κ1) is 25.3. The number of hydrogen-bond acceptors (Lipinski definition) is 6. The summed E-state index contributed by atoms with van der Waals surface area (Å²) in [5.74, 6) is -3.32. The quantitative estimate of drug-likeness (QED) is 0.332. The maximum atomic E-state index is 14.0. The highest BCUT2D eigenvalue weighted by Crippen LogP contribution is 2.56. The molecule has 0 bridgehead atoms. The lowest BCUT2D eigenvalue weighted by Gasteiger charge is -2.42. The van der Waals surface area contributed by atoms with Crippen LogP contribution in [0, 0.1) is 24.7 Å². The summed E-state index contributed by atoms with van der Waals surface area (Å²) in [5, 5.41) is 11.5. The number of amides is 2. The first-order valence-corrected chi connectivity index (χ1v) is 13.2. The smallest absolute Gasteiger partial charge is 0.238 e. The van der Waals surface area contributed by atoms with Crippen molar-refractivity contribution in [3.05, 3.63) is 87.0 Å². The van der Waals surface area contributed by atoms with Crippen molar-refractivity contribution in [2.45, 2.75) is 32.6 Å². The van der Waals surface area contributed by atoms with Crippen LogP contribution in [0.4, 0.5) is 5.69 Å². The van der Waals surface area contributed by atoms with Crippen LogP contribution in [0.25, 0.3) is 0 Å². The van der Waals surface area contributed by atoms with Gasteiger partial charge < -0.3 is 9.84 Å². The minimum Gasteiger partial charge on any atom is -0.507 e. The van der Waals surface area contributed by atoms with Crippen molar-refractivity contribution in [3.63, 3.8) is 0 Å². The Labute approximate surface area is 230 Å². The number of halogens is 1. The first-order chi connectivity index (χ1) is 18.6. The zero-order valence-electron chi connectivity index (χ0n) is 21.7. The number of ether oxygens (including phenoxy) is 1. The lowest BCUT2D eigenvalue weighted by atomic mass is 9.59. The molecular weight excluding hydrogens is 518 g/mol. The number of fused-ring (bicyclic) bond motifs is 3. The zero-order chi connectivity index (χ0) is 27.7. The number of ketones is 2. The summed E-state index contributed by atoms with van der Waals surface area (Å²) in [4.78, 5) is 55.5. The molecular formula is C31H26ClNO6. The molecule has 4 aliphatic rings. The van der Waals surface area contributed by atoms with Crippen molar-refractivity contribution in [2.75, 3.05) is 12.0 Å². The molecule has 0 saturated carbocycles. The van der Waals surface area contributed by atoms with Crippen LogP contribution in [0.15, 0.2) is 70.8 Å². The van der Waals surface area contributed by atoms with E-state index in [0.717, 1.165) is 11.1 Å². The van der Waals surface area contributed by atoms with Crippen LogP contribution in [0.2, 0.25) is 5.02 Å². The number of aromatic hydroxyl groups is 1. The molecule has 2 amide bonds. The number of allylic oxidation sites excluding steroid dienone is 6. The van der Waals surface area contributed by atoms with Gasteiger partial charge in [0.1, 0.15) is 11.5 Å². The molecule has 4 atom stereocenters. The van der Waals surface area contributed by atoms with Gasteiger partial charge in [-0.1, -0.05) is 35.4 Å². The van der Waals surface area contributed by atoms with Crippen molar-refractivity contribution in [2.24, 2.45) is 17.8 Å². The Hall–Kier alpha value is -3.97. The van der Waals surface area contributed by atoms with Gasteiger partial charge in [-0.2, -0.15) is 0 Å². The number of rotatable bonds is 3. The second-order valence-electron chi connectivity index (χ2n) is 10.6. The van der Waals surface area contributed by atoms with E-state index >= 15 is 0 Å². The lowest BCUT2D eigenvalue weighted by Crippen LogP contribution is -2.39. The van der Waals surface area contributed by atoms with E-state index in [-0.39, 0.29) is 35.6 Å². The molecule has 2 aromatic rings. The SMILES string of the molecule is COc1ccc(C2C3=CCC4C(=O)N(c5ccc(C)c(Cl)c5)C(=O)C4C3CC3=C2C(=O)C=C(C)C3=O)c(O)c1. The molecule has 6 rings (SSSR count). The maximum absolute atomic E-state index is 14.0. The van der Waals surface area contributed by atoms with Crippen molar-refractivity contribution in [1.29, 1.82) is 0 Å². The largest absolute Gasteiger partial charge is 0.507 e. The Morgan fingerprint density at radius 2 is 1.77 bits per heavy atom. The number of carbonyl (C=O) groups is 4. The van der Waals surface area contributed by atoms with Gasteiger partial charge in [-0.05, 0) is 62.4 Å². The monoisotopic (exact) mass is 543 g/mol. The molecule has 1 saturated heterocycles. The zero-order valence-corrected chi connectivity index (χ0v) is 22.4. The highest BCUT2D eigenvalue weighted by molar-refractivity contribution is 6.32. The number of Topliss-reactive ketones (excluding diaryl/α,β-unsaturated/α-hetero) is 1. The molecule has 1 N–H and O–H groups in total. The maximum Gasteiger partial charge on any atom is 0.238 e. The summed E-state index contributed by atoms with van der Waals surface area (Å²) in [6.07, 6.45) is 3.75. The number of hydrogen-bond donors (Lipinski definition) is 1. The van der Waals surface area contributed by atoms with Crippen LogP contribution >= 0.6 is 11.6 Å². The number of phenols is 1. The molecule has 0 radical (unpaired) electrons. The Morgan fingerprint density at radius 1 is 1.00 bits per heavy atom. The molecule has 0 spiro atoms. The van der Waals surface area contributed by atoms with Crippen molar-refractivity contribution in [3.8, 4) is 11.5 Å². The van der Waals surface area contributed by atoms with Gasteiger partial charge >= 0.3 is 0 Å². The average molecular weight is 544 g/mol. The molecule has 0 aromatic heterocycles. The lowest BCUT2D eigenvalue weighted by molar-refractivity contribution is -0.123. The van der Waals surface area contributed by atoms with Gasteiger partial charge in [-0.15, -0.1) is 0 Å². The van der Waals surface area contributed by atoms with E-state index < -0.39 is 23.7 Å². The van der Waals surface area contributed by atoms with Gasteiger partial charge in [-0.25, -0.2) is 4.90 Å². The van der Waals surface area contributed by atoms with Gasteiger partial charge in [0.25, 0.3) is 0 Å². The summed E-state index contributed by atoms with van der Waals surface area (Å²) >= 11 is 6.32. The van der Waals surface area contributed by atoms with Crippen molar-refractivity contribution in [1.82, 2.24) is 0 Å². The summed E-state index contributed by atoms with van der Waals surface area (Å²) in [6, 6.07) is 9.94. The standard InChI is InChI=1S/C31H26ClNO6/c1-14-4-5-16(11-23(14)32)33-30(37)20-9-8-18-21(27(20)31(33)38)13-22-28(25(35)10-15(2)29(22)36)26(18)19-7-6-17(39-3)12-24(19)34/h4-8,10-12,20-21,26-27,34H,9,13H2,1-3H3.